The van der Waals surface area contributed by atoms with E-state index >= 15 is 0 Å². The molecule has 2 N–H and O–H groups in total. The van der Waals surface area contributed by atoms with Crippen LogP contribution in [0.25, 0.3) is 0 Å². The third-order valence-corrected chi connectivity index (χ3v) is 13.9. The molecule has 0 rings (SSSR count). The molecule has 0 aliphatic rings. The molecule has 0 amide bonds. The van der Waals surface area contributed by atoms with Gasteiger partial charge in [0.1, 0.15) is 0 Å². The molecule has 6 nitrogen and oxygen atoms in total. The van der Waals surface area contributed by atoms with Gasteiger partial charge in [0.25, 0.3) is 27.9 Å². The van der Waals surface area contributed by atoms with E-state index in [-0.39, 0.29) is 0 Å². The first kappa shape index (κ1) is 16.8. The maximum absolute atomic E-state index is 9.14. The third-order valence-electron chi connectivity index (χ3n) is 1.54. The molecule has 0 saturated carbocycles. The van der Waals surface area contributed by atoms with Crippen LogP contribution in [-0.4, -0.2) is 56.0 Å². The van der Waals surface area contributed by atoms with Gasteiger partial charge in [0, 0.05) is 0 Å². The highest BCUT2D eigenvalue weighted by atomic mass is 28.5. The van der Waals surface area contributed by atoms with Gasteiger partial charge in [0.15, 0.2) is 0 Å². The molecule has 4 unspecified atom stereocenters. The van der Waals surface area contributed by atoms with Crippen molar-refractivity contribution in [1.82, 2.24) is 0 Å². The fourth-order valence-corrected chi connectivity index (χ4v) is 12.4. The molecule has 0 bridgehead atoms. The van der Waals surface area contributed by atoms with E-state index < -0.39 is 46.4 Å². The average Bonchev–Trinajstić information content (AvgIpc) is 1.97. The lowest BCUT2D eigenvalue weighted by atomic mass is 11.9. The molecule has 0 aliphatic carbocycles. The Hall–Kier alpha value is 0.844. The molecular weight excluding hydrogens is 296 g/mol. The third kappa shape index (κ3) is 10.0. The van der Waals surface area contributed by atoms with E-state index in [0.29, 0.717) is 0 Å². The molecule has 0 heterocycles. The fourth-order valence-electron chi connectivity index (χ4n) is 1.19. The van der Waals surface area contributed by atoms with Gasteiger partial charge >= 0.3 is 18.6 Å². The fraction of sp³-hybridized carbons (Fsp3) is 1.00. The molecule has 98 valence electrons. The zero-order valence-electron chi connectivity index (χ0n) is 10.4. The smallest absolute Gasteiger partial charge is 0.306 e. The van der Waals surface area contributed by atoms with Crippen molar-refractivity contribution in [3.8, 4) is 0 Å². The Bertz CT molecular complexity index is 165. The second kappa shape index (κ2) is 8.87. The monoisotopic (exact) mass is 318 g/mol. The van der Waals surface area contributed by atoms with Gasteiger partial charge in [-0.3, -0.25) is 0 Å². The van der Waals surface area contributed by atoms with Crippen LogP contribution >= 0.6 is 0 Å². The Morgan fingerprint density at radius 3 is 1.06 bits per heavy atom. The van der Waals surface area contributed by atoms with Crippen LogP contribution in [-0.2, 0) is 16.5 Å². The Kier molecular flexibility index (Phi) is 9.33. The summed E-state index contributed by atoms with van der Waals surface area (Å²) in [6.07, 6.45) is 0. The summed E-state index contributed by atoms with van der Waals surface area (Å²) in [5.74, 6) is 0. The van der Waals surface area contributed by atoms with Gasteiger partial charge in [-0.15, -0.1) is 0 Å². The lowest BCUT2D eigenvalue weighted by Gasteiger charge is -2.22. The van der Waals surface area contributed by atoms with Crippen molar-refractivity contribution < 1.29 is 26.1 Å². The first-order valence-electron chi connectivity index (χ1n) is 5.29. The topological polar surface area (TPSA) is 77.4 Å². The highest BCUT2D eigenvalue weighted by molar-refractivity contribution is 6.68. The van der Waals surface area contributed by atoms with E-state index in [4.69, 9.17) is 26.1 Å². The second-order valence-corrected chi connectivity index (χ2v) is 13.6. The van der Waals surface area contributed by atoms with Crippen LogP contribution in [0.2, 0.25) is 32.7 Å². The lowest BCUT2D eigenvalue weighted by molar-refractivity contribution is 0.322. The van der Waals surface area contributed by atoms with Crippen LogP contribution in [0.1, 0.15) is 0 Å². The summed E-state index contributed by atoms with van der Waals surface area (Å²) in [4.78, 5) is 18.3. The molecule has 4 atom stereocenters. The molecule has 0 aliphatic heterocycles. The van der Waals surface area contributed by atoms with E-state index in [1.54, 1.807) is 13.1 Å². The summed E-state index contributed by atoms with van der Waals surface area (Å²) >= 11 is 0. The quantitative estimate of drug-likeness (QED) is 0.519. The average molecular weight is 319 g/mol. The van der Waals surface area contributed by atoms with E-state index in [9.17, 15) is 0 Å². The molecule has 0 fully saturated rings. The van der Waals surface area contributed by atoms with Gasteiger partial charge in [0.2, 0.25) is 0 Å². The summed E-state index contributed by atoms with van der Waals surface area (Å²) in [6.45, 7) is 9.05. The Morgan fingerprint density at radius 1 is 0.562 bits per heavy atom. The molecule has 0 saturated heterocycles. The maximum Gasteiger partial charge on any atom is 0.306 e. The van der Waals surface area contributed by atoms with Gasteiger partial charge in [-0.05, 0) is 32.7 Å². The molecule has 0 aromatic heterocycles. The van der Waals surface area contributed by atoms with Crippen molar-refractivity contribution in [2.45, 2.75) is 32.7 Å². The van der Waals surface area contributed by atoms with Crippen molar-refractivity contribution in [3.63, 3.8) is 0 Å². The standard InChI is InChI=1S/C5H22O6Si5/c1-12(6)8-14(3)10-16(5)11-15(4)9-13(2)7/h6-7,12-16H,1-5H3. The van der Waals surface area contributed by atoms with E-state index in [1.807, 2.05) is 19.6 Å². The predicted molar refractivity (Wildman–Crippen MR) is 73.8 cm³/mol. The van der Waals surface area contributed by atoms with Gasteiger partial charge in [-0.2, -0.15) is 0 Å². The Labute approximate surface area is 105 Å². The molecular formula is C5H22O6Si5. The van der Waals surface area contributed by atoms with Gasteiger partial charge in [0.05, 0.1) is 0 Å². The zero-order valence-corrected chi connectivity index (χ0v) is 16.2. The van der Waals surface area contributed by atoms with Crippen LogP contribution < -0.4 is 0 Å². The molecule has 0 aromatic carbocycles. The van der Waals surface area contributed by atoms with Crippen LogP contribution in [0.5, 0.6) is 0 Å². The van der Waals surface area contributed by atoms with Crippen molar-refractivity contribution >= 4 is 46.4 Å². The molecule has 11 heteroatoms. The highest BCUT2D eigenvalue weighted by Gasteiger charge is 2.20. The van der Waals surface area contributed by atoms with Gasteiger partial charge in [-0.25, -0.2) is 0 Å². The summed E-state index contributed by atoms with van der Waals surface area (Å²) in [6, 6.07) is 0. The van der Waals surface area contributed by atoms with E-state index in [0.717, 1.165) is 0 Å². The molecule has 16 heavy (non-hydrogen) atoms. The van der Waals surface area contributed by atoms with Gasteiger partial charge in [-0.1, -0.05) is 0 Å². The highest BCUT2D eigenvalue weighted by Crippen LogP contribution is 2.00. The van der Waals surface area contributed by atoms with E-state index in [2.05, 4.69) is 0 Å². The zero-order chi connectivity index (χ0) is 12.7. The minimum absolute atomic E-state index is 1.69. The normalized spacial score (nSPS) is 21.2. The molecule has 0 radical (unpaired) electrons. The Morgan fingerprint density at radius 2 is 0.812 bits per heavy atom. The lowest BCUT2D eigenvalue weighted by Crippen LogP contribution is -2.38. The van der Waals surface area contributed by atoms with Crippen molar-refractivity contribution in [2.75, 3.05) is 0 Å². The largest absolute Gasteiger partial charge is 0.420 e. The van der Waals surface area contributed by atoms with Crippen molar-refractivity contribution in [2.24, 2.45) is 0 Å². The predicted octanol–water partition coefficient (Wildman–Crippen LogP) is -1.71. The minimum Gasteiger partial charge on any atom is -0.420 e. The number of hydrogen-bond acceptors (Lipinski definition) is 6. The SMILES string of the molecule is C[SiH](O)O[SiH](C)O[SiH](C)O[SiH](C)O[SiH](C)O. The second-order valence-electron chi connectivity index (χ2n) is 3.45. The van der Waals surface area contributed by atoms with Crippen LogP contribution in [0.15, 0.2) is 0 Å². The number of hydrogen-bond donors (Lipinski definition) is 2. The summed E-state index contributed by atoms with van der Waals surface area (Å²) in [5.41, 5.74) is 0. The van der Waals surface area contributed by atoms with Crippen LogP contribution in [0.3, 0.4) is 0 Å². The van der Waals surface area contributed by atoms with Gasteiger partial charge < -0.3 is 26.1 Å². The summed E-state index contributed by atoms with van der Waals surface area (Å²) < 4.78 is 21.8. The molecule has 0 aromatic rings. The maximum atomic E-state index is 9.14. The summed E-state index contributed by atoms with van der Waals surface area (Å²) in [7, 11) is -9.23. The minimum atomic E-state index is -2.00. The first-order chi connectivity index (χ1) is 7.31. The van der Waals surface area contributed by atoms with Crippen LogP contribution in [0.4, 0.5) is 0 Å². The summed E-state index contributed by atoms with van der Waals surface area (Å²) in [5, 5.41) is 0. The molecule has 0 spiro atoms. The van der Waals surface area contributed by atoms with E-state index in [1.165, 1.54) is 0 Å². The Balaban J connectivity index is 3.75. The number of rotatable bonds is 8. The van der Waals surface area contributed by atoms with Crippen molar-refractivity contribution in [1.29, 1.82) is 0 Å². The van der Waals surface area contributed by atoms with Crippen LogP contribution in [0, 0.1) is 0 Å². The first-order valence-corrected chi connectivity index (χ1v) is 15.9. The van der Waals surface area contributed by atoms with Crippen molar-refractivity contribution in [3.05, 3.63) is 0 Å².